The molecule has 0 unspecified atom stereocenters. The number of nitrogens with zero attached hydrogens (tertiary/aromatic N) is 2. The van der Waals surface area contributed by atoms with Crippen molar-refractivity contribution < 1.29 is 13.9 Å². The largest absolute Gasteiger partial charge is 0.455 e. The molecule has 4 rings (SSSR count). The van der Waals surface area contributed by atoms with E-state index in [1.54, 1.807) is 0 Å². The van der Waals surface area contributed by atoms with Gasteiger partial charge in [0.1, 0.15) is 5.76 Å². The Bertz CT molecular complexity index is 854. The van der Waals surface area contributed by atoms with E-state index in [0.717, 1.165) is 51.7 Å². The molecule has 2 fully saturated rings. The zero-order chi connectivity index (χ0) is 22.2. The van der Waals surface area contributed by atoms with E-state index >= 15 is 0 Å². The molecule has 174 valence electrons. The van der Waals surface area contributed by atoms with Gasteiger partial charge < -0.3 is 14.5 Å². The number of furan rings is 1. The molecule has 1 aromatic heterocycles. The SMILES string of the molecule is Cc1ccccc1CN(Cc1ccc(C(=O)NCCN2CCOCC2)o1)C1CCCCC1. The van der Waals surface area contributed by atoms with Crippen molar-refractivity contribution in [1.29, 1.82) is 0 Å². The Morgan fingerprint density at radius 1 is 1.06 bits per heavy atom. The fourth-order valence-electron chi connectivity index (χ4n) is 4.79. The molecule has 1 amide bonds. The van der Waals surface area contributed by atoms with Gasteiger partial charge in [-0.1, -0.05) is 43.5 Å². The molecule has 1 aromatic carbocycles. The van der Waals surface area contributed by atoms with Crippen molar-refractivity contribution in [1.82, 2.24) is 15.1 Å². The highest BCUT2D eigenvalue weighted by molar-refractivity contribution is 5.91. The fourth-order valence-corrected chi connectivity index (χ4v) is 4.79. The Kier molecular flexibility index (Phi) is 8.37. The van der Waals surface area contributed by atoms with Crippen LogP contribution in [0.3, 0.4) is 0 Å². The van der Waals surface area contributed by atoms with Gasteiger partial charge in [0.2, 0.25) is 0 Å². The molecular formula is C26H37N3O3. The van der Waals surface area contributed by atoms with Crippen molar-refractivity contribution in [2.24, 2.45) is 0 Å². The van der Waals surface area contributed by atoms with E-state index in [9.17, 15) is 4.79 Å². The maximum Gasteiger partial charge on any atom is 0.287 e. The van der Waals surface area contributed by atoms with Gasteiger partial charge in [-0.05, 0) is 43.0 Å². The number of rotatable bonds is 9. The average molecular weight is 440 g/mol. The number of nitrogens with one attached hydrogen (secondary N) is 1. The average Bonchev–Trinajstić information content (AvgIpc) is 3.30. The van der Waals surface area contributed by atoms with E-state index in [4.69, 9.17) is 9.15 Å². The van der Waals surface area contributed by atoms with Crippen molar-refractivity contribution in [2.45, 2.75) is 58.2 Å². The number of benzene rings is 1. The molecule has 2 aromatic rings. The highest BCUT2D eigenvalue weighted by atomic mass is 16.5. The topological polar surface area (TPSA) is 58.0 Å². The van der Waals surface area contributed by atoms with Crippen LogP contribution < -0.4 is 5.32 Å². The zero-order valence-electron chi connectivity index (χ0n) is 19.4. The summed E-state index contributed by atoms with van der Waals surface area (Å²) < 4.78 is 11.4. The Labute approximate surface area is 191 Å². The molecule has 0 bridgehead atoms. The summed E-state index contributed by atoms with van der Waals surface area (Å²) in [5, 5.41) is 2.99. The van der Waals surface area contributed by atoms with E-state index in [2.05, 4.69) is 46.3 Å². The third-order valence-electron chi connectivity index (χ3n) is 6.79. The highest BCUT2D eigenvalue weighted by Crippen LogP contribution is 2.27. The smallest absolute Gasteiger partial charge is 0.287 e. The van der Waals surface area contributed by atoms with Crippen LogP contribution in [0.5, 0.6) is 0 Å². The summed E-state index contributed by atoms with van der Waals surface area (Å²) >= 11 is 0. The molecule has 1 saturated heterocycles. The van der Waals surface area contributed by atoms with Crippen LogP contribution in [0.15, 0.2) is 40.8 Å². The lowest BCUT2D eigenvalue weighted by Crippen LogP contribution is -2.41. The van der Waals surface area contributed by atoms with Crippen LogP contribution in [0.4, 0.5) is 0 Å². The number of hydrogen-bond donors (Lipinski definition) is 1. The van der Waals surface area contributed by atoms with Gasteiger partial charge in [-0.15, -0.1) is 0 Å². The molecule has 1 N–H and O–H groups in total. The van der Waals surface area contributed by atoms with Crippen LogP contribution in [0.2, 0.25) is 0 Å². The number of carbonyl (C=O) groups is 1. The Morgan fingerprint density at radius 2 is 1.84 bits per heavy atom. The first-order valence-electron chi connectivity index (χ1n) is 12.1. The summed E-state index contributed by atoms with van der Waals surface area (Å²) in [6, 6.07) is 13.0. The minimum atomic E-state index is -0.132. The molecule has 1 saturated carbocycles. The monoisotopic (exact) mass is 439 g/mol. The minimum Gasteiger partial charge on any atom is -0.455 e. The van der Waals surface area contributed by atoms with Gasteiger partial charge >= 0.3 is 0 Å². The van der Waals surface area contributed by atoms with E-state index in [1.165, 1.54) is 43.2 Å². The molecule has 2 aliphatic rings. The van der Waals surface area contributed by atoms with Crippen LogP contribution in [0, 0.1) is 6.92 Å². The lowest BCUT2D eigenvalue weighted by Gasteiger charge is -2.34. The van der Waals surface area contributed by atoms with Gasteiger partial charge in [0.05, 0.1) is 19.8 Å². The summed E-state index contributed by atoms with van der Waals surface area (Å²) in [7, 11) is 0. The Hall–Kier alpha value is -2.15. The van der Waals surface area contributed by atoms with Gasteiger partial charge in [-0.2, -0.15) is 0 Å². The molecule has 32 heavy (non-hydrogen) atoms. The Balaban J connectivity index is 1.34. The van der Waals surface area contributed by atoms with Crippen molar-refractivity contribution in [3.05, 3.63) is 59.0 Å². The molecule has 1 aliphatic carbocycles. The van der Waals surface area contributed by atoms with Crippen LogP contribution in [-0.4, -0.2) is 61.1 Å². The quantitative estimate of drug-likeness (QED) is 0.640. The first-order valence-corrected chi connectivity index (χ1v) is 12.1. The van der Waals surface area contributed by atoms with Crippen molar-refractivity contribution in [3.63, 3.8) is 0 Å². The van der Waals surface area contributed by atoms with Crippen LogP contribution in [-0.2, 0) is 17.8 Å². The standard InChI is InChI=1S/C26H37N3O3/c1-21-7-5-6-8-22(21)19-29(23-9-3-2-4-10-23)20-24-11-12-25(32-24)26(30)27-13-14-28-15-17-31-18-16-28/h5-8,11-12,23H,2-4,9-10,13-20H2,1H3,(H,27,30). The van der Waals surface area contributed by atoms with E-state index in [-0.39, 0.29) is 5.91 Å². The lowest BCUT2D eigenvalue weighted by atomic mass is 9.93. The molecular weight excluding hydrogens is 402 g/mol. The molecule has 6 nitrogen and oxygen atoms in total. The molecule has 0 spiro atoms. The molecule has 0 radical (unpaired) electrons. The number of morpholine rings is 1. The predicted octanol–water partition coefficient (Wildman–Crippen LogP) is 3.98. The molecule has 2 heterocycles. The van der Waals surface area contributed by atoms with Gasteiger partial charge in [-0.25, -0.2) is 0 Å². The second-order valence-electron chi connectivity index (χ2n) is 9.10. The summed E-state index contributed by atoms with van der Waals surface area (Å²) in [4.78, 5) is 17.4. The number of amides is 1. The molecule has 6 heteroatoms. The lowest BCUT2D eigenvalue weighted by molar-refractivity contribution is 0.0382. The summed E-state index contributed by atoms with van der Waals surface area (Å²) in [5.74, 6) is 1.14. The second-order valence-corrected chi connectivity index (χ2v) is 9.10. The van der Waals surface area contributed by atoms with E-state index < -0.39 is 0 Å². The van der Waals surface area contributed by atoms with Crippen molar-refractivity contribution >= 4 is 5.91 Å². The molecule has 0 atom stereocenters. The maximum absolute atomic E-state index is 12.6. The fraction of sp³-hybridized carbons (Fsp3) is 0.577. The molecule has 1 aliphatic heterocycles. The van der Waals surface area contributed by atoms with Crippen LogP contribution in [0.1, 0.15) is 59.5 Å². The number of hydrogen-bond acceptors (Lipinski definition) is 5. The number of aryl methyl sites for hydroxylation is 1. The van der Waals surface area contributed by atoms with Crippen molar-refractivity contribution in [2.75, 3.05) is 39.4 Å². The summed E-state index contributed by atoms with van der Waals surface area (Å²) in [6.07, 6.45) is 6.40. The van der Waals surface area contributed by atoms with Gasteiger partial charge in [0.25, 0.3) is 5.91 Å². The highest BCUT2D eigenvalue weighted by Gasteiger charge is 2.23. The van der Waals surface area contributed by atoms with Gasteiger partial charge in [-0.3, -0.25) is 14.6 Å². The summed E-state index contributed by atoms with van der Waals surface area (Å²) in [5.41, 5.74) is 2.69. The first-order chi connectivity index (χ1) is 15.7. The first kappa shape index (κ1) is 23.0. The minimum absolute atomic E-state index is 0.132. The van der Waals surface area contributed by atoms with Gasteiger partial charge in [0, 0.05) is 38.8 Å². The number of carbonyl (C=O) groups excluding carboxylic acids is 1. The van der Waals surface area contributed by atoms with E-state index in [0.29, 0.717) is 18.3 Å². The third kappa shape index (κ3) is 6.44. The van der Waals surface area contributed by atoms with E-state index in [1.807, 2.05) is 12.1 Å². The summed E-state index contributed by atoms with van der Waals surface area (Å²) in [6.45, 7) is 8.70. The Morgan fingerprint density at radius 3 is 2.62 bits per heavy atom. The normalized spacial score (nSPS) is 18.2. The van der Waals surface area contributed by atoms with Crippen LogP contribution >= 0.6 is 0 Å². The van der Waals surface area contributed by atoms with Crippen LogP contribution in [0.25, 0.3) is 0 Å². The maximum atomic E-state index is 12.6. The predicted molar refractivity (Wildman–Crippen MR) is 126 cm³/mol. The number of ether oxygens (including phenoxy) is 1. The third-order valence-corrected chi connectivity index (χ3v) is 6.79. The second kappa shape index (κ2) is 11.6. The van der Waals surface area contributed by atoms with Gasteiger partial charge in [0.15, 0.2) is 5.76 Å². The van der Waals surface area contributed by atoms with Crippen molar-refractivity contribution in [3.8, 4) is 0 Å². The zero-order valence-corrected chi connectivity index (χ0v) is 19.4.